The molecule has 2 aromatic rings. The maximum atomic E-state index is 12.4. The summed E-state index contributed by atoms with van der Waals surface area (Å²) in [6.45, 7) is 6.09. The van der Waals surface area contributed by atoms with Crippen molar-refractivity contribution in [1.82, 2.24) is 19.8 Å². The molecule has 0 bridgehead atoms. The zero-order valence-corrected chi connectivity index (χ0v) is 12.8. The lowest BCUT2D eigenvalue weighted by atomic mass is 10.2. The normalized spacial score (nSPS) is 15.8. The van der Waals surface area contributed by atoms with Crippen LogP contribution < -0.4 is 0 Å². The fourth-order valence-electron chi connectivity index (χ4n) is 2.68. The molecule has 0 saturated carbocycles. The number of aromatic nitrogens is 2. The van der Waals surface area contributed by atoms with Crippen molar-refractivity contribution in [1.29, 1.82) is 0 Å². The number of rotatable bonds is 3. The van der Waals surface area contributed by atoms with Gasteiger partial charge < -0.3 is 4.90 Å². The maximum absolute atomic E-state index is 12.4. The van der Waals surface area contributed by atoms with E-state index in [0.29, 0.717) is 5.69 Å². The molecule has 0 atom stereocenters. The van der Waals surface area contributed by atoms with E-state index in [9.17, 15) is 4.79 Å². The van der Waals surface area contributed by atoms with Gasteiger partial charge in [0.25, 0.3) is 5.91 Å². The molecular formula is C17H20N4O. The summed E-state index contributed by atoms with van der Waals surface area (Å²) in [5.41, 5.74) is 2.62. The van der Waals surface area contributed by atoms with E-state index < -0.39 is 0 Å². The smallest absolute Gasteiger partial charge is 0.272 e. The molecule has 5 nitrogen and oxygen atoms in total. The van der Waals surface area contributed by atoms with Crippen molar-refractivity contribution in [2.45, 2.75) is 13.5 Å². The van der Waals surface area contributed by atoms with E-state index >= 15 is 0 Å². The van der Waals surface area contributed by atoms with E-state index in [0.717, 1.165) is 38.4 Å². The largest absolute Gasteiger partial charge is 0.335 e. The Labute approximate surface area is 130 Å². The van der Waals surface area contributed by atoms with Crippen molar-refractivity contribution < 1.29 is 4.79 Å². The molecule has 1 aliphatic heterocycles. The van der Waals surface area contributed by atoms with E-state index in [1.165, 1.54) is 11.9 Å². The van der Waals surface area contributed by atoms with Gasteiger partial charge in [-0.05, 0) is 18.6 Å². The SMILES string of the molecule is Cc1cc(C(=O)N2CCN(Cc3ccccc3)CC2)ncn1. The molecule has 1 aromatic heterocycles. The first-order valence-electron chi connectivity index (χ1n) is 7.56. The third-order valence-corrected chi connectivity index (χ3v) is 3.93. The molecule has 5 heteroatoms. The summed E-state index contributed by atoms with van der Waals surface area (Å²) in [5.74, 6) is 0.00450. The molecule has 0 radical (unpaired) electrons. The second-order valence-corrected chi connectivity index (χ2v) is 5.60. The van der Waals surface area contributed by atoms with Crippen LogP contribution >= 0.6 is 0 Å². The molecule has 114 valence electrons. The molecule has 0 spiro atoms. The summed E-state index contributed by atoms with van der Waals surface area (Å²) in [6, 6.07) is 12.2. The number of carbonyl (C=O) groups is 1. The van der Waals surface area contributed by atoms with Gasteiger partial charge in [0, 0.05) is 38.4 Å². The minimum Gasteiger partial charge on any atom is -0.335 e. The number of hydrogen-bond acceptors (Lipinski definition) is 4. The van der Waals surface area contributed by atoms with E-state index in [1.807, 2.05) is 17.9 Å². The number of carbonyl (C=O) groups excluding carboxylic acids is 1. The van der Waals surface area contributed by atoms with Crippen molar-refractivity contribution in [3.63, 3.8) is 0 Å². The molecule has 1 amide bonds. The number of benzene rings is 1. The average molecular weight is 296 g/mol. The van der Waals surface area contributed by atoms with Crippen LogP contribution in [-0.2, 0) is 6.54 Å². The van der Waals surface area contributed by atoms with Crippen molar-refractivity contribution >= 4 is 5.91 Å². The van der Waals surface area contributed by atoms with Crippen LogP contribution in [-0.4, -0.2) is 51.9 Å². The third-order valence-electron chi connectivity index (χ3n) is 3.93. The number of aryl methyl sites for hydroxylation is 1. The van der Waals surface area contributed by atoms with Crippen LogP contribution in [0.5, 0.6) is 0 Å². The summed E-state index contributed by atoms with van der Waals surface area (Å²) in [6.07, 6.45) is 1.45. The summed E-state index contributed by atoms with van der Waals surface area (Å²) >= 11 is 0. The third kappa shape index (κ3) is 3.49. The molecule has 2 heterocycles. The lowest BCUT2D eigenvalue weighted by Crippen LogP contribution is -2.48. The highest BCUT2D eigenvalue weighted by molar-refractivity contribution is 5.92. The average Bonchev–Trinajstić information content (AvgIpc) is 2.56. The quantitative estimate of drug-likeness (QED) is 0.866. The Hall–Kier alpha value is -2.27. The molecule has 0 aliphatic carbocycles. The zero-order chi connectivity index (χ0) is 15.4. The van der Waals surface area contributed by atoms with Gasteiger partial charge in [-0.3, -0.25) is 9.69 Å². The van der Waals surface area contributed by atoms with E-state index in [1.54, 1.807) is 6.07 Å². The molecule has 1 fully saturated rings. The predicted octanol–water partition coefficient (Wildman–Crippen LogP) is 1.74. The highest BCUT2D eigenvalue weighted by Crippen LogP contribution is 2.10. The second-order valence-electron chi connectivity index (χ2n) is 5.60. The highest BCUT2D eigenvalue weighted by Gasteiger charge is 2.23. The van der Waals surface area contributed by atoms with Crippen LogP contribution in [0.15, 0.2) is 42.7 Å². The van der Waals surface area contributed by atoms with E-state index in [4.69, 9.17) is 0 Å². The monoisotopic (exact) mass is 296 g/mol. The van der Waals surface area contributed by atoms with Crippen molar-refractivity contribution in [3.8, 4) is 0 Å². The Morgan fingerprint density at radius 2 is 1.82 bits per heavy atom. The molecule has 1 aromatic carbocycles. The van der Waals surface area contributed by atoms with Crippen LogP contribution in [0.3, 0.4) is 0 Å². The minimum atomic E-state index is 0.00450. The Morgan fingerprint density at radius 1 is 1.09 bits per heavy atom. The van der Waals surface area contributed by atoms with E-state index in [2.05, 4.69) is 39.1 Å². The fraction of sp³-hybridized carbons (Fsp3) is 0.353. The fourth-order valence-corrected chi connectivity index (χ4v) is 2.68. The van der Waals surface area contributed by atoms with Gasteiger partial charge >= 0.3 is 0 Å². The van der Waals surface area contributed by atoms with Crippen LogP contribution in [0.2, 0.25) is 0 Å². The standard InChI is InChI=1S/C17H20N4O/c1-14-11-16(19-13-18-14)17(22)21-9-7-20(8-10-21)12-15-5-3-2-4-6-15/h2-6,11,13H,7-10,12H2,1H3. The molecule has 0 unspecified atom stereocenters. The molecule has 22 heavy (non-hydrogen) atoms. The Kier molecular flexibility index (Phi) is 4.44. The number of piperazine rings is 1. The van der Waals surface area contributed by atoms with Gasteiger partial charge in [-0.25, -0.2) is 9.97 Å². The summed E-state index contributed by atoms with van der Waals surface area (Å²) in [4.78, 5) is 24.8. The first-order valence-corrected chi connectivity index (χ1v) is 7.56. The summed E-state index contributed by atoms with van der Waals surface area (Å²) in [7, 11) is 0. The van der Waals surface area contributed by atoms with Gasteiger partial charge in [-0.1, -0.05) is 30.3 Å². The lowest BCUT2D eigenvalue weighted by Gasteiger charge is -2.34. The van der Waals surface area contributed by atoms with Crippen LogP contribution in [0.1, 0.15) is 21.7 Å². The van der Waals surface area contributed by atoms with Gasteiger partial charge in [0.2, 0.25) is 0 Å². The van der Waals surface area contributed by atoms with Gasteiger partial charge in [-0.2, -0.15) is 0 Å². The summed E-state index contributed by atoms with van der Waals surface area (Å²) in [5, 5.41) is 0. The van der Waals surface area contributed by atoms with E-state index in [-0.39, 0.29) is 5.91 Å². The molecule has 1 aliphatic rings. The van der Waals surface area contributed by atoms with Crippen LogP contribution in [0.25, 0.3) is 0 Å². The first kappa shape index (κ1) is 14.7. The minimum absolute atomic E-state index is 0.00450. The molecule has 3 rings (SSSR count). The van der Waals surface area contributed by atoms with Crippen molar-refractivity contribution in [3.05, 3.63) is 59.7 Å². The van der Waals surface area contributed by atoms with Gasteiger partial charge in [0.1, 0.15) is 12.0 Å². The maximum Gasteiger partial charge on any atom is 0.272 e. The number of amides is 1. The summed E-state index contributed by atoms with van der Waals surface area (Å²) < 4.78 is 0. The zero-order valence-electron chi connectivity index (χ0n) is 12.8. The molecule has 0 N–H and O–H groups in total. The Balaban J connectivity index is 1.56. The number of hydrogen-bond donors (Lipinski definition) is 0. The van der Waals surface area contributed by atoms with Crippen LogP contribution in [0.4, 0.5) is 0 Å². The Bertz CT molecular complexity index is 636. The lowest BCUT2D eigenvalue weighted by molar-refractivity contribution is 0.0622. The number of nitrogens with zero attached hydrogens (tertiary/aromatic N) is 4. The molecule has 1 saturated heterocycles. The highest BCUT2D eigenvalue weighted by atomic mass is 16.2. The van der Waals surface area contributed by atoms with Gasteiger partial charge in [-0.15, -0.1) is 0 Å². The van der Waals surface area contributed by atoms with Crippen molar-refractivity contribution in [2.75, 3.05) is 26.2 Å². The van der Waals surface area contributed by atoms with Gasteiger partial charge in [0.15, 0.2) is 0 Å². The van der Waals surface area contributed by atoms with Crippen LogP contribution in [0, 0.1) is 6.92 Å². The van der Waals surface area contributed by atoms with Gasteiger partial charge in [0.05, 0.1) is 0 Å². The predicted molar refractivity (Wildman–Crippen MR) is 84.4 cm³/mol. The first-order chi connectivity index (χ1) is 10.7. The second kappa shape index (κ2) is 6.66. The van der Waals surface area contributed by atoms with Crippen molar-refractivity contribution in [2.24, 2.45) is 0 Å². The topological polar surface area (TPSA) is 49.3 Å². The molecular weight excluding hydrogens is 276 g/mol. The Morgan fingerprint density at radius 3 is 2.50 bits per heavy atom.